The van der Waals surface area contributed by atoms with Crippen LogP contribution in [0.4, 0.5) is 11.4 Å². The summed E-state index contributed by atoms with van der Waals surface area (Å²) in [6.07, 6.45) is 5.23. The van der Waals surface area contributed by atoms with Crippen molar-refractivity contribution in [2.75, 3.05) is 17.7 Å². The van der Waals surface area contributed by atoms with Crippen LogP contribution in [0, 0.1) is 18.4 Å². The molecule has 6 heteroatoms. The highest BCUT2D eigenvalue weighted by Gasteiger charge is 2.23. The van der Waals surface area contributed by atoms with Crippen molar-refractivity contribution in [3.63, 3.8) is 0 Å². The van der Waals surface area contributed by atoms with Gasteiger partial charge in [-0.25, -0.2) is 4.99 Å². The summed E-state index contributed by atoms with van der Waals surface area (Å²) >= 11 is 1.37. The number of rotatable bonds is 2. The Balaban J connectivity index is 2.37. The van der Waals surface area contributed by atoms with Crippen LogP contribution < -0.4 is 10.2 Å². The molecule has 5 nitrogen and oxygen atoms in total. The summed E-state index contributed by atoms with van der Waals surface area (Å²) in [6.45, 7) is 2.71. The van der Waals surface area contributed by atoms with Crippen LogP contribution in [0.5, 0.6) is 0 Å². The first kappa shape index (κ1) is 14.4. The number of hydrogen-bond acceptors (Lipinski definition) is 4. The fourth-order valence-electron chi connectivity index (χ4n) is 2.21. The molecule has 1 aromatic carbocycles. The number of nitriles is 1. The SMILES string of the molecule is CSC(=Nc1cccc(N2CCCC2=O)c1C)NC#N. The van der Waals surface area contributed by atoms with Gasteiger partial charge >= 0.3 is 0 Å². The molecular weight excluding hydrogens is 272 g/mol. The lowest BCUT2D eigenvalue weighted by Gasteiger charge is -2.19. The molecule has 20 heavy (non-hydrogen) atoms. The van der Waals surface area contributed by atoms with Gasteiger partial charge in [-0.15, -0.1) is 0 Å². The summed E-state index contributed by atoms with van der Waals surface area (Å²) in [6, 6.07) is 5.71. The molecule has 0 aliphatic carbocycles. The second-order valence-corrected chi connectivity index (χ2v) is 5.22. The molecule has 1 saturated heterocycles. The standard InChI is InChI=1S/C14H16N4OS/c1-10-11(17-14(20-2)16-9-15)5-3-6-12(10)18-8-4-7-13(18)19/h3,5-6H,4,7-8H2,1-2H3,(H,16,17). The number of hydrogen-bond donors (Lipinski definition) is 1. The number of carbonyl (C=O) groups is 1. The molecule has 0 aromatic heterocycles. The topological polar surface area (TPSA) is 68.5 Å². The van der Waals surface area contributed by atoms with E-state index in [2.05, 4.69) is 10.3 Å². The number of thioether (sulfide) groups is 1. The van der Waals surface area contributed by atoms with Crippen molar-refractivity contribution in [1.82, 2.24) is 5.32 Å². The van der Waals surface area contributed by atoms with E-state index in [0.717, 1.165) is 29.9 Å². The molecule has 0 unspecified atom stereocenters. The van der Waals surface area contributed by atoms with Gasteiger partial charge in [0.05, 0.1) is 5.69 Å². The Labute approximate surface area is 122 Å². The van der Waals surface area contributed by atoms with Crippen LogP contribution in [0.3, 0.4) is 0 Å². The smallest absolute Gasteiger partial charge is 0.227 e. The number of carbonyl (C=O) groups excluding carboxylic acids is 1. The summed E-state index contributed by atoms with van der Waals surface area (Å²) in [5, 5.41) is 11.8. The third-order valence-electron chi connectivity index (χ3n) is 3.22. The minimum Gasteiger partial charge on any atom is -0.312 e. The largest absolute Gasteiger partial charge is 0.312 e. The van der Waals surface area contributed by atoms with Gasteiger partial charge in [-0.3, -0.25) is 10.1 Å². The molecule has 1 aliphatic heterocycles. The summed E-state index contributed by atoms with van der Waals surface area (Å²) in [5.74, 6) is 0.162. The van der Waals surface area contributed by atoms with Gasteiger partial charge in [0.1, 0.15) is 0 Å². The fraction of sp³-hybridized carbons (Fsp3) is 0.357. The molecule has 104 valence electrons. The van der Waals surface area contributed by atoms with Gasteiger partial charge in [-0.1, -0.05) is 17.8 Å². The number of nitrogens with zero attached hydrogens (tertiary/aromatic N) is 3. The summed E-state index contributed by atoms with van der Waals surface area (Å²) < 4.78 is 0. The minimum atomic E-state index is 0.162. The van der Waals surface area contributed by atoms with Crippen molar-refractivity contribution in [1.29, 1.82) is 5.26 Å². The molecule has 1 aliphatic rings. The van der Waals surface area contributed by atoms with Crippen LogP contribution in [0.25, 0.3) is 0 Å². The highest BCUT2D eigenvalue weighted by molar-refractivity contribution is 8.13. The third kappa shape index (κ3) is 2.94. The first-order chi connectivity index (χ1) is 9.67. The molecule has 0 radical (unpaired) electrons. The zero-order valence-corrected chi connectivity index (χ0v) is 12.3. The van der Waals surface area contributed by atoms with Crippen LogP contribution in [0.15, 0.2) is 23.2 Å². The average molecular weight is 288 g/mol. The number of benzene rings is 1. The predicted octanol–water partition coefficient (Wildman–Crippen LogP) is 2.54. The van der Waals surface area contributed by atoms with E-state index in [4.69, 9.17) is 5.26 Å². The molecule has 1 fully saturated rings. The van der Waals surface area contributed by atoms with E-state index >= 15 is 0 Å². The van der Waals surface area contributed by atoms with Crippen LogP contribution >= 0.6 is 11.8 Å². The molecule has 0 spiro atoms. The predicted molar refractivity (Wildman–Crippen MR) is 82.1 cm³/mol. The molecule has 0 atom stereocenters. The van der Waals surface area contributed by atoms with Crippen molar-refractivity contribution in [2.24, 2.45) is 4.99 Å². The average Bonchev–Trinajstić information content (AvgIpc) is 2.86. The molecule has 1 amide bonds. The Morgan fingerprint density at radius 2 is 2.35 bits per heavy atom. The Kier molecular flexibility index (Phi) is 4.64. The Hall–Kier alpha value is -2.00. The van der Waals surface area contributed by atoms with Gasteiger partial charge in [0.15, 0.2) is 11.4 Å². The van der Waals surface area contributed by atoms with Gasteiger partial charge in [-0.2, -0.15) is 5.26 Å². The van der Waals surface area contributed by atoms with E-state index in [1.807, 2.05) is 42.5 Å². The monoisotopic (exact) mass is 288 g/mol. The molecule has 0 bridgehead atoms. The van der Waals surface area contributed by atoms with Gasteiger partial charge in [0.25, 0.3) is 0 Å². The Morgan fingerprint density at radius 3 is 2.95 bits per heavy atom. The van der Waals surface area contributed by atoms with Crippen LogP contribution in [0.1, 0.15) is 18.4 Å². The normalized spacial score (nSPS) is 15.3. The van der Waals surface area contributed by atoms with Gasteiger partial charge in [0, 0.05) is 18.7 Å². The Bertz CT molecular complexity index is 591. The van der Waals surface area contributed by atoms with Gasteiger partial charge < -0.3 is 4.90 Å². The maximum atomic E-state index is 11.8. The van der Waals surface area contributed by atoms with Crippen molar-refractivity contribution >= 4 is 34.2 Å². The lowest BCUT2D eigenvalue weighted by atomic mass is 10.1. The van der Waals surface area contributed by atoms with E-state index < -0.39 is 0 Å². The zero-order chi connectivity index (χ0) is 14.5. The quantitative estimate of drug-likeness (QED) is 0.393. The molecule has 1 N–H and O–H groups in total. The lowest BCUT2D eigenvalue weighted by molar-refractivity contribution is -0.117. The van der Waals surface area contributed by atoms with Crippen LogP contribution in [-0.2, 0) is 4.79 Å². The number of amides is 1. The molecule has 0 saturated carbocycles. The molecular formula is C14H16N4OS. The second-order valence-electron chi connectivity index (χ2n) is 4.43. The highest BCUT2D eigenvalue weighted by atomic mass is 32.2. The van der Waals surface area contributed by atoms with E-state index in [-0.39, 0.29) is 5.91 Å². The first-order valence-electron chi connectivity index (χ1n) is 6.35. The van der Waals surface area contributed by atoms with Crippen molar-refractivity contribution in [3.05, 3.63) is 23.8 Å². The summed E-state index contributed by atoms with van der Waals surface area (Å²) in [5.41, 5.74) is 2.63. The second kappa shape index (κ2) is 6.44. The van der Waals surface area contributed by atoms with E-state index in [0.29, 0.717) is 11.6 Å². The van der Waals surface area contributed by atoms with Crippen LogP contribution in [0.2, 0.25) is 0 Å². The van der Waals surface area contributed by atoms with Gasteiger partial charge in [0.2, 0.25) is 5.91 Å². The van der Waals surface area contributed by atoms with E-state index in [1.165, 1.54) is 11.8 Å². The number of aliphatic imine (C=N–C) groups is 1. The number of amidine groups is 1. The van der Waals surface area contributed by atoms with E-state index in [1.54, 1.807) is 0 Å². The lowest BCUT2D eigenvalue weighted by Crippen LogP contribution is -2.24. The van der Waals surface area contributed by atoms with Crippen molar-refractivity contribution in [3.8, 4) is 6.19 Å². The minimum absolute atomic E-state index is 0.162. The summed E-state index contributed by atoms with van der Waals surface area (Å²) in [4.78, 5) is 18.1. The van der Waals surface area contributed by atoms with Crippen LogP contribution in [-0.4, -0.2) is 23.9 Å². The number of nitrogens with one attached hydrogen (secondary N) is 1. The maximum Gasteiger partial charge on any atom is 0.227 e. The van der Waals surface area contributed by atoms with Gasteiger partial charge in [-0.05, 0) is 37.3 Å². The number of anilines is 1. The maximum absolute atomic E-state index is 11.8. The van der Waals surface area contributed by atoms with E-state index in [9.17, 15) is 4.79 Å². The molecule has 1 aromatic rings. The van der Waals surface area contributed by atoms with Crippen molar-refractivity contribution in [2.45, 2.75) is 19.8 Å². The molecule has 2 rings (SSSR count). The zero-order valence-electron chi connectivity index (χ0n) is 11.5. The Morgan fingerprint density at radius 1 is 1.55 bits per heavy atom. The fourth-order valence-corrected chi connectivity index (χ4v) is 2.55. The van der Waals surface area contributed by atoms with Crippen molar-refractivity contribution < 1.29 is 4.79 Å². The highest BCUT2D eigenvalue weighted by Crippen LogP contribution is 2.31. The molecule has 1 heterocycles. The first-order valence-corrected chi connectivity index (χ1v) is 7.57. The third-order valence-corrected chi connectivity index (χ3v) is 3.80. The summed E-state index contributed by atoms with van der Waals surface area (Å²) in [7, 11) is 0.